The van der Waals surface area contributed by atoms with Gasteiger partial charge in [-0.05, 0) is 34.4 Å². The van der Waals surface area contributed by atoms with Crippen LogP contribution in [0.1, 0.15) is 28.4 Å². The Balaban J connectivity index is 2.15. The molecule has 0 radical (unpaired) electrons. The van der Waals surface area contributed by atoms with Gasteiger partial charge in [0.2, 0.25) is 0 Å². The number of benzene rings is 2. The molecule has 0 aromatic heterocycles. The number of aliphatic hydroxyl groups is 1. The first kappa shape index (κ1) is 11.7. The van der Waals surface area contributed by atoms with Crippen molar-refractivity contribution >= 4 is 28.1 Å². The molecule has 0 aliphatic heterocycles. The number of rotatable bonds is 0. The summed E-state index contributed by atoms with van der Waals surface area (Å²) >= 11 is 3.48. The topological polar surface area (TPSA) is 20.2 Å². The summed E-state index contributed by atoms with van der Waals surface area (Å²) < 4.78 is 1.05. The third-order valence-electron chi connectivity index (χ3n) is 3.32. The van der Waals surface area contributed by atoms with Gasteiger partial charge in [-0.3, -0.25) is 0 Å². The first-order valence-electron chi connectivity index (χ1n) is 5.97. The molecule has 2 aromatic carbocycles. The van der Waals surface area contributed by atoms with Crippen LogP contribution >= 0.6 is 15.9 Å². The van der Waals surface area contributed by atoms with E-state index >= 15 is 0 Å². The second-order valence-corrected chi connectivity index (χ2v) is 5.44. The summed E-state index contributed by atoms with van der Waals surface area (Å²) in [7, 11) is 0. The highest BCUT2D eigenvalue weighted by molar-refractivity contribution is 9.10. The minimum atomic E-state index is -0.445. The number of aliphatic hydroxyl groups excluding tert-OH is 1. The summed E-state index contributed by atoms with van der Waals surface area (Å²) in [5, 5.41) is 10.4. The highest BCUT2D eigenvalue weighted by Crippen LogP contribution is 2.29. The molecule has 1 aliphatic rings. The fourth-order valence-electron chi connectivity index (χ4n) is 2.38. The molecule has 18 heavy (non-hydrogen) atoms. The van der Waals surface area contributed by atoms with E-state index in [0.29, 0.717) is 6.42 Å². The zero-order valence-corrected chi connectivity index (χ0v) is 11.4. The second-order valence-electron chi connectivity index (χ2n) is 4.53. The maximum Gasteiger partial charge on any atom is 0.0836 e. The summed E-state index contributed by atoms with van der Waals surface area (Å²) in [6, 6.07) is 14.2. The molecule has 2 heteroatoms. The lowest BCUT2D eigenvalue weighted by Crippen LogP contribution is -2.06. The van der Waals surface area contributed by atoms with Gasteiger partial charge in [0.15, 0.2) is 0 Å². The van der Waals surface area contributed by atoms with Crippen molar-refractivity contribution in [2.75, 3.05) is 0 Å². The van der Waals surface area contributed by atoms with E-state index in [1.54, 1.807) is 0 Å². The first-order chi connectivity index (χ1) is 8.74. The average molecular weight is 301 g/mol. The van der Waals surface area contributed by atoms with Gasteiger partial charge < -0.3 is 5.11 Å². The molecule has 1 aliphatic carbocycles. The van der Waals surface area contributed by atoms with E-state index in [1.165, 1.54) is 11.1 Å². The van der Waals surface area contributed by atoms with E-state index in [9.17, 15) is 5.11 Å². The van der Waals surface area contributed by atoms with Gasteiger partial charge in [0.1, 0.15) is 0 Å². The van der Waals surface area contributed by atoms with Crippen LogP contribution in [0.25, 0.3) is 12.2 Å². The van der Waals surface area contributed by atoms with Crippen molar-refractivity contribution in [1.82, 2.24) is 0 Å². The van der Waals surface area contributed by atoms with Crippen molar-refractivity contribution in [1.29, 1.82) is 0 Å². The maximum atomic E-state index is 10.4. The van der Waals surface area contributed by atoms with E-state index in [1.807, 2.05) is 30.3 Å². The van der Waals surface area contributed by atoms with Gasteiger partial charge in [-0.25, -0.2) is 0 Å². The van der Waals surface area contributed by atoms with Crippen LogP contribution in [0.4, 0.5) is 0 Å². The Kier molecular flexibility index (Phi) is 3.06. The molecule has 2 aromatic rings. The molecule has 0 heterocycles. The minimum Gasteiger partial charge on any atom is -0.388 e. The van der Waals surface area contributed by atoms with E-state index in [0.717, 1.165) is 15.6 Å². The van der Waals surface area contributed by atoms with Gasteiger partial charge in [0.05, 0.1) is 6.10 Å². The fourth-order valence-corrected chi connectivity index (χ4v) is 2.79. The molecule has 0 saturated carbocycles. The predicted octanol–water partition coefficient (Wildman–Crippen LogP) is 4.21. The summed E-state index contributed by atoms with van der Waals surface area (Å²) in [4.78, 5) is 0. The smallest absolute Gasteiger partial charge is 0.0836 e. The zero-order valence-electron chi connectivity index (χ0n) is 9.81. The number of hydrogen-bond acceptors (Lipinski definition) is 1. The predicted molar refractivity (Wildman–Crippen MR) is 78.2 cm³/mol. The number of halogens is 1. The molecule has 1 nitrogen and oxygen atoms in total. The molecule has 3 rings (SSSR count). The Labute approximate surface area is 115 Å². The van der Waals surface area contributed by atoms with Crippen molar-refractivity contribution in [3.05, 3.63) is 69.2 Å². The van der Waals surface area contributed by atoms with E-state index < -0.39 is 6.10 Å². The molecule has 0 saturated heterocycles. The van der Waals surface area contributed by atoms with E-state index in [2.05, 4.69) is 40.2 Å². The molecule has 1 N–H and O–H groups in total. The standard InChI is InChI=1S/C16H13BrO/c17-14-8-7-11-5-6-12-3-1-2-4-15(12)16(18)10-13(11)9-14/h1-9,16,18H,10H2/b6-5-. The lowest BCUT2D eigenvalue weighted by atomic mass is 9.91. The van der Waals surface area contributed by atoms with Crippen molar-refractivity contribution in [2.45, 2.75) is 12.5 Å². The molecule has 0 spiro atoms. The molecule has 90 valence electrons. The van der Waals surface area contributed by atoms with Gasteiger partial charge in [-0.15, -0.1) is 0 Å². The van der Waals surface area contributed by atoms with Crippen LogP contribution < -0.4 is 0 Å². The van der Waals surface area contributed by atoms with Crippen LogP contribution in [-0.2, 0) is 6.42 Å². The quantitative estimate of drug-likeness (QED) is 0.773. The van der Waals surface area contributed by atoms with Gasteiger partial charge in [0, 0.05) is 10.9 Å². The molecular weight excluding hydrogens is 288 g/mol. The lowest BCUT2D eigenvalue weighted by molar-refractivity contribution is 0.178. The van der Waals surface area contributed by atoms with Crippen LogP contribution in [0.5, 0.6) is 0 Å². The molecule has 1 atom stereocenters. The third-order valence-corrected chi connectivity index (χ3v) is 3.81. The molecule has 1 unspecified atom stereocenters. The van der Waals surface area contributed by atoms with Crippen molar-refractivity contribution in [2.24, 2.45) is 0 Å². The summed E-state index contributed by atoms with van der Waals surface area (Å²) in [6.45, 7) is 0. The number of hydrogen-bond donors (Lipinski definition) is 1. The SMILES string of the molecule is OC1Cc2cc(Br)ccc2/C=C\c2ccccc21. The average Bonchev–Trinajstić information content (AvgIpc) is 2.36. The van der Waals surface area contributed by atoms with Gasteiger partial charge in [-0.1, -0.05) is 58.4 Å². The Morgan fingerprint density at radius 1 is 1.00 bits per heavy atom. The zero-order chi connectivity index (χ0) is 12.5. The number of fused-ring (bicyclic) bond motifs is 2. The third kappa shape index (κ3) is 2.14. The summed E-state index contributed by atoms with van der Waals surface area (Å²) in [5.74, 6) is 0. The van der Waals surface area contributed by atoms with E-state index in [-0.39, 0.29) is 0 Å². The molecule has 0 bridgehead atoms. The van der Waals surface area contributed by atoms with Gasteiger partial charge in [0.25, 0.3) is 0 Å². The second kappa shape index (κ2) is 4.71. The van der Waals surface area contributed by atoms with Crippen LogP contribution in [0, 0.1) is 0 Å². The van der Waals surface area contributed by atoms with Crippen molar-refractivity contribution in [3.63, 3.8) is 0 Å². The van der Waals surface area contributed by atoms with Crippen LogP contribution in [0.2, 0.25) is 0 Å². The maximum absolute atomic E-state index is 10.4. The Morgan fingerprint density at radius 3 is 2.67 bits per heavy atom. The normalized spacial score (nSPS) is 19.3. The molecular formula is C16H13BrO. The van der Waals surface area contributed by atoms with Crippen LogP contribution in [0.3, 0.4) is 0 Å². The van der Waals surface area contributed by atoms with Crippen LogP contribution in [-0.4, -0.2) is 5.11 Å². The van der Waals surface area contributed by atoms with E-state index in [4.69, 9.17) is 0 Å². The fraction of sp³-hybridized carbons (Fsp3) is 0.125. The van der Waals surface area contributed by atoms with Crippen LogP contribution in [0.15, 0.2) is 46.9 Å². The first-order valence-corrected chi connectivity index (χ1v) is 6.77. The molecule has 0 amide bonds. The molecule has 0 fully saturated rings. The largest absolute Gasteiger partial charge is 0.388 e. The summed E-state index contributed by atoms with van der Waals surface area (Å²) in [5.41, 5.74) is 4.44. The Bertz CT molecular complexity index is 616. The van der Waals surface area contributed by atoms with Gasteiger partial charge >= 0.3 is 0 Å². The van der Waals surface area contributed by atoms with Gasteiger partial charge in [-0.2, -0.15) is 0 Å². The Morgan fingerprint density at radius 2 is 1.78 bits per heavy atom. The van der Waals surface area contributed by atoms with Crippen molar-refractivity contribution in [3.8, 4) is 0 Å². The Hall–Kier alpha value is -1.38. The lowest BCUT2D eigenvalue weighted by Gasteiger charge is -2.18. The highest BCUT2D eigenvalue weighted by Gasteiger charge is 2.15. The summed E-state index contributed by atoms with van der Waals surface area (Å²) in [6.07, 6.45) is 4.40. The monoisotopic (exact) mass is 300 g/mol. The minimum absolute atomic E-state index is 0.445. The van der Waals surface area contributed by atoms with Crippen molar-refractivity contribution < 1.29 is 5.11 Å². The highest BCUT2D eigenvalue weighted by atomic mass is 79.9.